The minimum atomic E-state index is -2.37. The normalized spacial score (nSPS) is 24.5. The van der Waals surface area contributed by atoms with E-state index in [1.165, 1.54) is 40.4 Å². The first kappa shape index (κ1) is 20.4. The Kier molecular flexibility index (Phi) is 5.94. The largest absolute Gasteiger partial charge is 0.405 e. The Morgan fingerprint density at radius 3 is 2.31 bits per heavy atom. The molecule has 1 aliphatic carbocycles. The average Bonchev–Trinajstić information content (AvgIpc) is 2.73. The van der Waals surface area contributed by atoms with Crippen LogP contribution in [0.5, 0.6) is 0 Å². The molecule has 1 saturated carbocycles. The van der Waals surface area contributed by atoms with Gasteiger partial charge in [0.1, 0.15) is 0 Å². The van der Waals surface area contributed by atoms with Gasteiger partial charge in [-0.1, -0.05) is 100.0 Å². The van der Waals surface area contributed by atoms with Gasteiger partial charge in [0.05, 0.1) is 0 Å². The number of rotatable bonds is 5. The highest BCUT2D eigenvalue weighted by Gasteiger charge is 2.42. The summed E-state index contributed by atoms with van der Waals surface area (Å²) in [6.07, 6.45) is 4.15. The van der Waals surface area contributed by atoms with Crippen molar-refractivity contribution in [1.82, 2.24) is 0 Å². The van der Waals surface area contributed by atoms with Gasteiger partial charge in [-0.2, -0.15) is 0 Å². The fourth-order valence-corrected chi connectivity index (χ4v) is 8.67. The first-order valence-electron chi connectivity index (χ1n) is 11.2. The van der Waals surface area contributed by atoms with Crippen molar-refractivity contribution in [3.8, 4) is 0 Å². The molecule has 4 atom stereocenters. The summed E-state index contributed by atoms with van der Waals surface area (Å²) >= 11 is 0. The van der Waals surface area contributed by atoms with Gasteiger partial charge in [-0.15, -0.1) is 0 Å². The van der Waals surface area contributed by atoms with Crippen LogP contribution >= 0.6 is 0 Å². The van der Waals surface area contributed by atoms with Crippen LogP contribution in [0.1, 0.15) is 40.0 Å². The van der Waals surface area contributed by atoms with E-state index >= 15 is 0 Å². The summed E-state index contributed by atoms with van der Waals surface area (Å²) in [4.78, 5) is 0. The summed E-state index contributed by atoms with van der Waals surface area (Å²) < 4.78 is 7.34. The minimum absolute atomic E-state index is 0.342. The van der Waals surface area contributed by atoms with Crippen LogP contribution in [0, 0.1) is 17.8 Å². The maximum absolute atomic E-state index is 7.34. The van der Waals surface area contributed by atoms with Crippen molar-refractivity contribution < 1.29 is 4.43 Å². The second kappa shape index (κ2) is 8.45. The third kappa shape index (κ3) is 4.06. The van der Waals surface area contributed by atoms with Crippen LogP contribution < -0.4 is 10.4 Å². The summed E-state index contributed by atoms with van der Waals surface area (Å²) in [5.74, 6) is 2.06. The van der Waals surface area contributed by atoms with E-state index in [1.54, 1.807) is 0 Å². The van der Waals surface area contributed by atoms with Gasteiger partial charge in [-0.25, -0.2) is 0 Å². The van der Waals surface area contributed by atoms with E-state index in [0.717, 1.165) is 5.92 Å². The van der Waals surface area contributed by atoms with Crippen LogP contribution in [-0.4, -0.2) is 14.4 Å². The van der Waals surface area contributed by atoms with Crippen molar-refractivity contribution in [2.24, 2.45) is 17.8 Å². The van der Waals surface area contributed by atoms with Crippen LogP contribution in [0.4, 0.5) is 0 Å². The van der Waals surface area contributed by atoms with E-state index in [1.807, 2.05) is 0 Å². The first-order chi connectivity index (χ1) is 14.0. The van der Waals surface area contributed by atoms with Gasteiger partial charge in [0.2, 0.25) is 0 Å². The Hall–Kier alpha value is -1.90. The molecule has 29 heavy (non-hydrogen) atoms. The van der Waals surface area contributed by atoms with Crippen molar-refractivity contribution in [2.45, 2.75) is 52.7 Å². The Balaban J connectivity index is 1.84. The van der Waals surface area contributed by atoms with Gasteiger partial charge in [-0.3, -0.25) is 0 Å². The minimum Gasteiger partial charge on any atom is -0.405 e. The molecule has 0 aromatic heterocycles. The zero-order valence-corrected chi connectivity index (χ0v) is 19.3. The Labute approximate surface area is 177 Å². The smallest absolute Gasteiger partial charge is 0.253 e. The molecule has 1 unspecified atom stereocenters. The molecule has 0 bridgehead atoms. The van der Waals surface area contributed by atoms with Gasteiger partial charge in [0.25, 0.3) is 8.32 Å². The fraction of sp³-hybridized carbons (Fsp3) is 0.407. The van der Waals surface area contributed by atoms with E-state index in [2.05, 4.69) is 100 Å². The maximum atomic E-state index is 7.34. The highest BCUT2D eigenvalue weighted by atomic mass is 28.4. The predicted molar refractivity (Wildman–Crippen MR) is 127 cm³/mol. The van der Waals surface area contributed by atoms with E-state index < -0.39 is 8.32 Å². The molecule has 0 amide bonds. The molecule has 0 saturated heterocycles. The van der Waals surface area contributed by atoms with Crippen molar-refractivity contribution in [1.29, 1.82) is 0 Å². The fourth-order valence-electron chi connectivity index (χ4n) is 5.24. The first-order valence-corrected chi connectivity index (χ1v) is 13.6. The molecule has 1 nitrogen and oxygen atoms in total. The highest BCUT2D eigenvalue weighted by Crippen LogP contribution is 2.37. The molecule has 3 aromatic rings. The zero-order valence-electron chi connectivity index (χ0n) is 18.3. The summed E-state index contributed by atoms with van der Waals surface area (Å²) in [5, 5.41) is 5.43. The predicted octanol–water partition coefficient (Wildman–Crippen LogP) is 6.01. The molecular weight excluding hydrogens is 368 g/mol. The van der Waals surface area contributed by atoms with E-state index in [0.29, 0.717) is 17.9 Å². The summed E-state index contributed by atoms with van der Waals surface area (Å²) in [7, 11) is -2.37. The van der Waals surface area contributed by atoms with Gasteiger partial charge >= 0.3 is 0 Å². The second-order valence-corrected chi connectivity index (χ2v) is 12.8. The van der Waals surface area contributed by atoms with Crippen LogP contribution in [0.2, 0.25) is 6.55 Å². The molecular formula is C27H34OSi. The molecule has 4 rings (SSSR count). The monoisotopic (exact) mass is 402 g/mol. The lowest BCUT2D eigenvalue weighted by Crippen LogP contribution is -2.61. The average molecular weight is 403 g/mol. The molecule has 3 aromatic carbocycles. The maximum Gasteiger partial charge on any atom is 0.253 e. The summed E-state index contributed by atoms with van der Waals surface area (Å²) in [6.45, 7) is 9.56. The van der Waals surface area contributed by atoms with Gasteiger partial charge in [0.15, 0.2) is 0 Å². The highest BCUT2D eigenvalue weighted by molar-refractivity contribution is 6.98. The number of hydrogen-bond donors (Lipinski definition) is 0. The molecule has 0 N–H and O–H groups in total. The summed E-state index contributed by atoms with van der Waals surface area (Å²) in [5.41, 5.74) is 0. The van der Waals surface area contributed by atoms with Gasteiger partial charge in [0, 0.05) is 6.10 Å². The SMILES string of the molecule is CC(C)[C@@H]1CC[C@@H](C)C[C@H]1O[Si](C)(c1ccccc1)c1cccc2ccccc12. The molecule has 2 heteroatoms. The van der Waals surface area contributed by atoms with Crippen LogP contribution in [0.3, 0.4) is 0 Å². The van der Waals surface area contributed by atoms with E-state index in [4.69, 9.17) is 4.43 Å². The second-order valence-electron chi connectivity index (χ2n) is 9.41. The third-order valence-electron chi connectivity index (χ3n) is 6.98. The lowest BCUT2D eigenvalue weighted by molar-refractivity contribution is 0.0431. The van der Waals surface area contributed by atoms with E-state index in [9.17, 15) is 0 Å². The van der Waals surface area contributed by atoms with Crippen molar-refractivity contribution in [3.63, 3.8) is 0 Å². The van der Waals surface area contributed by atoms with E-state index in [-0.39, 0.29) is 0 Å². The zero-order chi connectivity index (χ0) is 20.4. The number of hydrogen-bond acceptors (Lipinski definition) is 1. The summed E-state index contributed by atoms with van der Waals surface area (Å²) in [6, 6.07) is 26.5. The van der Waals surface area contributed by atoms with Crippen molar-refractivity contribution in [3.05, 3.63) is 72.8 Å². The van der Waals surface area contributed by atoms with Gasteiger partial charge in [-0.05, 0) is 58.3 Å². The lowest BCUT2D eigenvalue weighted by atomic mass is 9.75. The molecule has 1 aliphatic rings. The molecule has 152 valence electrons. The number of fused-ring (bicyclic) bond motifs is 1. The van der Waals surface area contributed by atoms with Crippen LogP contribution in [-0.2, 0) is 4.43 Å². The van der Waals surface area contributed by atoms with Crippen molar-refractivity contribution >= 4 is 29.5 Å². The Morgan fingerprint density at radius 1 is 0.862 bits per heavy atom. The lowest BCUT2D eigenvalue weighted by Gasteiger charge is -2.42. The van der Waals surface area contributed by atoms with Gasteiger partial charge < -0.3 is 4.43 Å². The molecule has 0 radical (unpaired) electrons. The standard InChI is InChI=1S/C27H34OSi/c1-20(2)24-18-17-21(3)19-26(24)28-29(4,23-13-6-5-7-14-23)27-16-10-12-22-11-8-9-15-25(22)27/h5-16,20-21,24,26H,17-19H2,1-4H3/t21-,24+,26-,29?/m1/s1. The quantitative estimate of drug-likeness (QED) is 0.475. The third-order valence-corrected chi connectivity index (χ3v) is 10.6. The molecule has 0 aliphatic heterocycles. The Morgan fingerprint density at radius 2 is 1.55 bits per heavy atom. The molecule has 0 spiro atoms. The van der Waals surface area contributed by atoms with Crippen LogP contribution in [0.25, 0.3) is 10.8 Å². The topological polar surface area (TPSA) is 9.23 Å². The number of benzene rings is 3. The molecule has 1 fully saturated rings. The molecule has 0 heterocycles. The van der Waals surface area contributed by atoms with Crippen LogP contribution in [0.15, 0.2) is 72.8 Å². The Bertz CT molecular complexity index is 946. The van der Waals surface area contributed by atoms with Crippen molar-refractivity contribution in [2.75, 3.05) is 0 Å².